The van der Waals surface area contributed by atoms with Crippen LogP contribution in [0.3, 0.4) is 0 Å². The highest BCUT2D eigenvalue weighted by atomic mass is 16.2. The van der Waals surface area contributed by atoms with Gasteiger partial charge < -0.3 is 21.3 Å². The molecule has 2 rings (SSSR count). The van der Waals surface area contributed by atoms with E-state index in [1.54, 1.807) is 0 Å². The molecule has 1 saturated carbocycles. The summed E-state index contributed by atoms with van der Waals surface area (Å²) in [6.45, 7) is 1.89. The monoisotopic (exact) mass is 282 g/mol. The molecule has 114 valence electrons. The summed E-state index contributed by atoms with van der Waals surface area (Å²) < 4.78 is 0. The molecule has 0 aromatic heterocycles. The van der Waals surface area contributed by atoms with Crippen molar-refractivity contribution in [1.82, 2.24) is 21.3 Å². The van der Waals surface area contributed by atoms with Crippen molar-refractivity contribution in [2.45, 2.75) is 57.0 Å². The molecule has 6 heteroatoms. The van der Waals surface area contributed by atoms with Crippen LogP contribution >= 0.6 is 0 Å². The van der Waals surface area contributed by atoms with E-state index in [0.29, 0.717) is 0 Å². The Morgan fingerprint density at radius 2 is 1.70 bits per heavy atom. The Hall–Kier alpha value is -1.30. The molecule has 1 heterocycles. The fraction of sp³-hybridized carbons (Fsp3) is 0.857. The van der Waals surface area contributed by atoms with Crippen molar-refractivity contribution in [1.29, 1.82) is 0 Å². The van der Waals surface area contributed by atoms with E-state index in [1.165, 1.54) is 19.3 Å². The zero-order valence-electron chi connectivity index (χ0n) is 12.0. The fourth-order valence-electron chi connectivity index (χ4n) is 2.90. The van der Waals surface area contributed by atoms with E-state index in [9.17, 15) is 9.59 Å². The zero-order chi connectivity index (χ0) is 14.2. The number of hydrogen-bond acceptors (Lipinski definition) is 3. The van der Waals surface area contributed by atoms with Gasteiger partial charge in [-0.3, -0.25) is 4.79 Å². The fourth-order valence-corrected chi connectivity index (χ4v) is 2.90. The summed E-state index contributed by atoms with van der Waals surface area (Å²) in [4.78, 5) is 23.4. The van der Waals surface area contributed by atoms with E-state index in [0.717, 1.165) is 38.8 Å². The lowest BCUT2D eigenvalue weighted by molar-refractivity contribution is -0.120. The highest BCUT2D eigenvalue weighted by Crippen LogP contribution is 2.17. The van der Waals surface area contributed by atoms with Gasteiger partial charge in [-0.1, -0.05) is 19.3 Å². The zero-order valence-corrected chi connectivity index (χ0v) is 12.0. The van der Waals surface area contributed by atoms with E-state index >= 15 is 0 Å². The highest BCUT2D eigenvalue weighted by molar-refractivity contribution is 5.84. The maximum absolute atomic E-state index is 11.7. The summed E-state index contributed by atoms with van der Waals surface area (Å²) in [6.07, 6.45) is 7.81. The van der Waals surface area contributed by atoms with Gasteiger partial charge in [-0.25, -0.2) is 4.79 Å². The van der Waals surface area contributed by atoms with Gasteiger partial charge >= 0.3 is 6.03 Å². The van der Waals surface area contributed by atoms with Crippen LogP contribution in [0.1, 0.15) is 44.9 Å². The molecule has 2 fully saturated rings. The third-order valence-electron chi connectivity index (χ3n) is 4.01. The van der Waals surface area contributed by atoms with Crippen molar-refractivity contribution in [2.75, 3.05) is 19.6 Å². The number of carbonyl (C=O) groups excluding carboxylic acids is 2. The van der Waals surface area contributed by atoms with E-state index in [4.69, 9.17) is 0 Å². The molecule has 1 atom stereocenters. The quantitative estimate of drug-likeness (QED) is 0.605. The molecule has 0 aromatic rings. The first kappa shape index (κ1) is 15.1. The molecular formula is C14H26N4O2. The van der Waals surface area contributed by atoms with Gasteiger partial charge in [0, 0.05) is 18.6 Å². The smallest absolute Gasteiger partial charge is 0.315 e. The number of rotatable bonds is 4. The van der Waals surface area contributed by atoms with Crippen LogP contribution in [0.5, 0.6) is 0 Å². The van der Waals surface area contributed by atoms with Crippen molar-refractivity contribution in [3.05, 3.63) is 0 Å². The molecule has 1 saturated heterocycles. The predicted molar refractivity (Wildman–Crippen MR) is 77.4 cm³/mol. The molecule has 0 bridgehead atoms. The minimum absolute atomic E-state index is 0.0506. The normalized spacial score (nSPS) is 23.9. The van der Waals surface area contributed by atoms with Crippen LogP contribution < -0.4 is 21.3 Å². The number of piperidine rings is 1. The summed E-state index contributed by atoms with van der Waals surface area (Å²) in [5, 5.41) is 11.8. The Balaban J connectivity index is 1.58. The van der Waals surface area contributed by atoms with Crippen LogP contribution in [0.15, 0.2) is 0 Å². The molecule has 6 nitrogen and oxygen atoms in total. The topological polar surface area (TPSA) is 82.3 Å². The third-order valence-corrected chi connectivity index (χ3v) is 4.01. The summed E-state index contributed by atoms with van der Waals surface area (Å²) >= 11 is 0. The number of urea groups is 1. The van der Waals surface area contributed by atoms with E-state index in [1.807, 2.05) is 0 Å². The lowest BCUT2D eigenvalue weighted by Crippen LogP contribution is -2.50. The van der Waals surface area contributed by atoms with Crippen molar-refractivity contribution in [3.63, 3.8) is 0 Å². The van der Waals surface area contributed by atoms with Gasteiger partial charge in [0.2, 0.25) is 5.91 Å². The molecule has 3 amide bonds. The molecule has 0 aromatic carbocycles. The van der Waals surface area contributed by atoms with Crippen molar-refractivity contribution in [3.8, 4) is 0 Å². The maximum atomic E-state index is 11.7. The minimum atomic E-state index is -0.228. The summed E-state index contributed by atoms with van der Waals surface area (Å²) in [7, 11) is 0. The van der Waals surface area contributed by atoms with Crippen LogP contribution in [0.25, 0.3) is 0 Å². The van der Waals surface area contributed by atoms with Gasteiger partial charge in [0.25, 0.3) is 0 Å². The summed E-state index contributed by atoms with van der Waals surface area (Å²) in [5.74, 6) is -0.113. The van der Waals surface area contributed by atoms with Gasteiger partial charge in [-0.15, -0.1) is 0 Å². The van der Waals surface area contributed by atoms with Gasteiger partial charge in [0.15, 0.2) is 0 Å². The molecule has 0 spiro atoms. The Labute approximate surface area is 120 Å². The van der Waals surface area contributed by atoms with Crippen molar-refractivity contribution in [2.24, 2.45) is 0 Å². The Morgan fingerprint density at radius 3 is 2.40 bits per heavy atom. The molecule has 1 aliphatic carbocycles. The molecular weight excluding hydrogens is 256 g/mol. The standard InChI is InChI=1S/C14H26N4O2/c19-13(17-12-7-4-8-15-9-12)10-16-14(20)18-11-5-2-1-3-6-11/h11-12,15H,1-10H2,(H,17,19)(H2,16,18,20). The lowest BCUT2D eigenvalue weighted by Gasteiger charge is -2.24. The van der Waals surface area contributed by atoms with Gasteiger partial charge in [-0.2, -0.15) is 0 Å². The number of hydrogen-bond donors (Lipinski definition) is 4. The van der Waals surface area contributed by atoms with Crippen LogP contribution in [0, 0.1) is 0 Å². The predicted octanol–water partition coefficient (Wildman–Crippen LogP) is 0.487. The average Bonchev–Trinajstić information content (AvgIpc) is 2.47. The maximum Gasteiger partial charge on any atom is 0.315 e. The SMILES string of the molecule is O=C(CNC(=O)NC1CCCCC1)NC1CCCNC1. The second-order valence-corrected chi connectivity index (χ2v) is 5.77. The molecule has 0 radical (unpaired) electrons. The summed E-state index contributed by atoms with van der Waals surface area (Å²) in [5.41, 5.74) is 0. The Morgan fingerprint density at radius 1 is 0.950 bits per heavy atom. The minimum Gasteiger partial charge on any atom is -0.351 e. The van der Waals surface area contributed by atoms with Gasteiger partial charge in [-0.05, 0) is 32.2 Å². The van der Waals surface area contributed by atoms with Crippen LogP contribution in [0.2, 0.25) is 0 Å². The number of amides is 3. The first-order valence-electron chi connectivity index (χ1n) is 7.78. The summed E-state index contributed by atoms with van der Waals surface area (Å²) in [6, 6.07) is 0.239. The first-order chi connectivity index (χ1) is 9.74. The van der Waals surface area contributed by atoms with E-state index < -0.39 is 0 Å². The first-order valence-corrected chi connectivity index (χ1v) is 7.78. The molecule has 4 N–H and O–H groups in total. The van der Waals surface area contributed by atoms with Gasteiger partial charge in [0.1, 0.15) is 0 Å². The average molecular weight is 282 g/mol. The van der Waals surface area contributed by atoms with Crippen molar-refractivity contribution < 1.29 is 9.59 Å². The second-order valence-electron chi connectivity index (χ2n) is 5.77. The van der Waals surface area contributed by atoms with Crippen LogP contribution in [0.4, 0.5) is 4.79 Å². The Bertz CT molecular complexity index is 291. The number of carbonyl (C=O) groups is 2. The molecule has 2 aliphatic rings. The molecule has 20 heavy (non-hydrogen) atoms. The molecule has 1 unspecified atom stereocenters. The lowest BCUT2D eigenvalue weighted by atomic mass is 9.96. The van der Waals surface area contributed by atoms with E-state index in [-0.39, 0.29) is 30.6 Å². The van der Waals surface area contributed by atoms with E-state index in [2.05, 4.69) is 21.3 Å². The van der Waals surface area contributed by atoms with Crippen molar-refractivity contribution >= 4 is 11.9 Å². The van der Waals surface area contributed by atoms with Gasteiger partial charge in [0.05, 0.1) is 6.54 Å². The highest BCUT2D eigenvalue weighted by Gasteiger charge is 2.17. The van der Waals surface area contributed by atoms with Crippen LogP contribution in [-0.2, 0) is 4.79 Å². The largest absolute Gasteiger partial charge is 0.351 e. The number of nitrogens with one attached hydrogen (secondary N) is 4. The molecule has 1 aliphatic heterocycles. The third kappa shape index (κ3) is 5.36. The van der Waals surface area contributed by atoms with Crippen LogP contribution in [-0.4, -0.2) is 43.7 Å². The second kappa shape index (κ2) is 8.09. The Kier molecular flexibility index (Phi) is 6.11.